The van der Waals surface area contributed by atoms with Gasteiger partial charge in [0.25, 0.3) is 5.01 Å². The van der Waals surface area contributed by atoms with Gasteiger partial charge in [0, 0.05) is 13.1 Å². The molecule has 0 unspecified atom stereocenters. The highest BCUT2D eigenvalue weighted by atomic mass is 35.5. The third kappa shape index (κ3) is 5.10. The van der Waals surface area contributed by atoms with Crippen LogP contribution in [-0.4, -0.2) is 24.0 Å². The van der Waals surface area contributed by atoms with Gasteiger partial charge in [-0.2, -0.15) is 0 Å². The number of aromatic amines is 1. The lowest BCUT2D eigenvalue weighted by Crippen LogP contribution is -3.00. The van der Waals surface area contributed by atoms with Crippen LogP contribution in [0.5, 0.6) is 0 Å². The molecule has 17 heavy (non-hydrogen) atoms. The van der Waals surface area contributed by atoms with E-state index in [-0.39, 0.29) is 30.8 Å². The van der Waals surface area contributed by atoms with E-state index in [0.29, 0.717) is 6.54 Å². The maximum absolute atomic E-state index is 11.7. The SMILES string of the molecule is Cl.O=C(NCc1[nH+]ccs1)N1CCCCC1.[Cl-]. The zero-order valence-electron chi connectivity index (χ0n) is 9.45. The highest BCUT2D eigenvalue weighted by molar-refractivity contribution is 7.09. The van der Waals surface area contributed by atoms with Crippen LogP contribution < -0.4 is 22.7 Å². The molecule has 0 atom stereocenters. The molecule has 2 heterocycles. The molecular weight excluding hydrogens is 281 g/mol. The molecule has 0 spiro atoms. The molecule has 2 rings (SSSR count). The Morgan fingerprint density at radius 2 is 2.12 bits per heavy atom. The second-order valence-corrected chi connectivity index (χ2v) is 4.70. The standard InChI is InChI=1S/C10H15N3OS.2ClH/c14-10(13-5-2-1-3-6-13)12-8-9-11-4-7-15-9;;/h4,7H,1-3,5-6,8H2,(H,12,14);2*1H. The van der Waals surface area contributed by atoms with Crippen LogP contribution in [0, 0.1) is 0 Å². The average Bonchev–Trinajstić information content (AvgIpc) is 2.80. The number of aromatic nitrogens is 1. The number of likely N-dealkylation sites (tertiary alicyclic amines) is 1. The van der Waals surface area contributed by atoms with Crippen molar-refractivity contribution in [3.05, 3.63) is 16.6 Å². The van der Waals surface area contributed by atoms with E-state index in [1.54, 1.807) is 11.3 Å². The number of carbonyl (C=O) groups is 1. The minimum atomic E-state index is 0. The minimum absolute atomic E-state index is 0. The van der Waals surface area contributed by atoms with Crippen molar-refractivity contribution in [2.75, 3.05) is 13.1 Å². The number of H-pyrrole nitrogens is 1. The van der Waals surface area contributed by atoms with E-state index in [0.717, 1.165) is 30.9 Å². The number of nitrogens with one attached hydrogen (secondary N) is 2. The van der Waals surface area contributed by atoms with Crippen LogP contribution in [-0.2, 0) is 6.54 Å². The number of hydrogen-bond acceptors (Lipinski definition) is 2. The maximum Gasteiger partial charge on any atom is 0.317 e. The summed E-state index contributed by atoms with van der Waals surface area (Å²) in [6.45, 7) is 2.41. The van der Waals surface area contributed by atoms with E-state index in [1.165, 1.54) is 6.42 Å². The summed E-state index contributed by atoms with van der Waals surface area (Å²) in [6, 6.07) is 0.0662. The molecule has 0 saturated carbocycles. The first kappa shape index (κ1) is 16.5. The number of carbonyl (C=O) groups excluding carboxylic acids is 1. The van der Waals surface area contributed by atoms with Gasteiger partial charge in [0.15, 0.2) is 6.20 Å². The Morgan fingerprint density at radius 1 is 1.41 bits per heavy atom. The fraction of sp³-hybridized carbons (Fsp3) is 0.600. The second kappa shape index (κ2) is 8.55. The van der Waals surface area contributed by atoms with Crippen LogP contribution >= 0.6 is 23.7 Å². The third-order valence-corrected chi connectivity index (χ3v) is 3.38. The van der Waals surface area contributed by atoms with Crippen LogP contribution in [0.3, 0.4) is 0 Å². The molecule has 1 saturated heterocycles. The van der Waals surface area contributed by atoms with Crippen molar-refractivity contribution in [3.63, 3.8) is 0 Å². The highest BCUT2D eigenvalue weighted by Crippen LogP contribution is 2.08. The fourth-order valence-corrected chi connectivity index (χ4v) is 2.33. The number of nitrogens with zero attached hydrogens (tertiary/aromatic N) is 1. The van der Waals surface area contributed by atoms with E-state index in [2.05, 4.69) is 10.3 Å². The van der Waals surface area contributed by atoms with Gasteiger partial charge in [-0.1, -0.05) is 11.3 Å². The van der Waals surface area contributed by atoms with Gasteiger partial charge in [-0.05, 0) is 19.3 Å². The highest BCUT2D eigenvalue weighted by Gasteiger charge is 2.16. The van der Waals surface area contributed by atoms with Gasteiger partial charge in [0.05, 0.1) is 5.38 Å². The van der Waals surface area contributed by atoms with Gasteiger partial charge >= 0.3 is 6.03 Å². The summed E-state index contributed by atoms with van der Waals surface area (Å²) in [5.74, 6) is 0. The number of amides is 2. The fourth-order valence-electron chi connectivity index (χ4n) is 1.73. The topological polar surface area (TPSA) is 46.5 Å². The Balaban J connectivity index is 0.00000128. The third-order valence-electron chi connectivity index (χ3n) is 2.57. The molecule has 1 aromatic heterocycles. The van der Waals surface area contributed by atoms with Crippen molar-refractivity contribution in [1.82, 2.24) is 10.2 Å². The zero-order chi connectivity index (χ0) is 10.5. The summed E-state index contributed by atoms with van der Waals surface area (Å²) >= 11 is 1.62. The van der Waals surface area contributed by atoms with Crippen molar-refractivity contribution in [2.45, 2.75) is 25.8 Å². The summed E-state index contributed by atoms with van der Waals surface area (Å²) in [5, 5.41) is 5.98. The number of urea groups is 1. The Hall–Kier alpha value is -0.520. The van der Waals surface area contributed by atoms with Crippen molar-refractivity contribution in [2.24, 2.45) is 0 Å². The van der Waals surface area contributed by atoms with Gasteiger partial charge in [0.1, 0.15) is 6.54 Å². The summed E-state index contributed by atoms with van der Waals surface area (Å²) in [7, 11) is 0. The first-order valence-corrected chi connectivity index (χ1v) is 6.21. The van der Waals surface area contributed by atoms with E-state index in [9.17, 15) is 4.79 Å². The molecule has 1 aromatic rings. The molecule has 4 nitrogen and oxygen atoms in total. The largest absolute Gasteiger partial charge is 1.00 e. The number of thiazole rings is 1. The Bertz CT molecular complexity index is 315. The Kier molecular flexibility index (Phi) is 8.29. The number of rotatable bonds is 2. The summed E-state index contributed by atoms with van der Waals surface area (Å²) in [5.41, 5.74) is 0. The van der Waals surface area contributed by atoms with Gasteiger partial charge in [-0.25, -0.2) is 9.78 Å². The molecule has 7 heteroatoms. The Labute approximate surface area is 118 Å². The summed E-state index contributed by atoms with van der Waals surface area (Å²) in [6.07, 6.45) is 5.41. The molecule has 1 fully saturated rings. The first-order chi connectivity index (χ1) is 7.36. The Morgan fingerprint density at radius 3 is 2.71 bits per heavy atom. The monoisotopic (exact) mass is 297 g/mol. The van der Waals surface area contributed by atoms with E-state index in [4.69, 9.17) is 0 Å². The van der Waals surface area contributed by atoms with Gasteiger partial charge in [-0.15, -0.1) is 12.4 Å². The lowest BCUT2D eigenvalue weighted by atomic mass is 10.1. The van der Waals surface area contributed by atoms with Crippen LogP contribution in [0.1, 0.15) is 24.3 Å². The molecule has 0 bridgehead atoms. The number of hydrogen-bond donors (Lipinski definition) is 1. The van der Waals surface area contributed by atoms with E-state index >= 15 is 0 Å². The van der Waals surface area contributed by atoms with Gasteiger partial charge in [-0.3, -0.25) is 0 Å². The first-order valence-electron chi connectivity index (χ1n) is 5.33. The van der Waals surface area contributed by atoms with E-state index < -0.39 is 0 Å². The van der Waals surface area contributed by atoms with Crippen LogP contribution in [0.15, 0.2) is 11.6 Å². The molecule has 2 N–H and O–H groups in total. The van der Waals surface area contributed by atoms with Crippen molar-refractivity contribution in [3.8, 4) is 0 Å². The van der Waals surface area contributed by atoms with Crippen LogP contribution in [0.2, 0.25) is 0 Å². The van der Waals surface area contributed by atoms with Crippen LogP contribution in [0.25, 0.3) is 0 Å². The lowest BCUT2D eigenvalue weighted by molar-refractivity contribution is -0.382. The van der Waals surface area contributed by atoms with E-state index in [1.807, 2.05) is 16.5 Å². The normalized spacial score (nSPS) is 14.5. The predicted molar refractivity (Wildman–Crippen MR) is 65.8 cm³/mol. The minimum Gasteiger partial charge on any atom is -1.00 e. The molecule has 0 radical (unpaired) electrons. The molecular formula is C10H17Cl2N3OS. The summed E-state index contributed by atoms with van der Waals surface area (Å²) in [4.78, 5) is 16.7. The summed E-state index contributed by atoms with van der Waals surface area (Å²) < 4.78 is 0. The molecule has 0 aliphatic carbocycles. The van der Waals surface area contributed by atoms with Crippen molar-refractivity contribution >= 4 is 29.8 Å². The van der Waals surface area contributed by atoms with Crippen molar-refractivity contribution < 1.29 is 22.2 Å². The van der Waals surface area contributed by atoms with Crippen molar-refractivity contribution in [1.29, 1.82) is 0 Å². The zero-order valence-corrected chi connectivity index (χ0v) is 11.8. The van der Waals surface area contributed by atoms with Crippen LogP contribution in [0.4, 0.5) is 4.79 Å². The molecule has 1 aliphatic rings. The maximum atomic E-state index is 11.7. The molecule has 2 amide bonds. The van der Waals surface area contributed by atoms with Gasteiger partial charge in [0.2, 0.25) is 0 Å². The number of halogens is 2. The molecule has 98 valence electrons. The lowest BCUT2D eigenvalue weighted by Gasteiger charge is -2.26. The quantitative estimate of drug-likeness (QED) is 0.724. The predicted octanol–water partition coefficient (Wildman–Crippen LogP) is -1.32. The molecule has 1 aliphatic heterocycles. The average molecular weight is 298 g/mol. The van der Waals surface area contributed by atoms with Gasteiger partial charge < -0.3 is 22.6 Å². The second-order valence-electron chi connectivity index (χ2n) is 3.69. The smallest absolute Gasteiger partial charge is 0.317 e. The number of piperidine rings is 1. The molecule has 0 aromatic carbocycles.